The number of carbonyl (C=O) groups is 1. The van der Waals surface area contributed by atoms with E-state index in [1.54, 1.807) is 12.1 Å². The second-order valence-corrected chi connectivity index (χ2v) is 4.91. The van der Waals surface area contributed by atoms with E-state index < -0.39 is 5.97 Å². The number of rotatable bonds is 5. The Morgan fingerprint density at radius 2 is 2.25 bits per heavy atom. The highest BCUT2D eigenvalue weighted by molar-refractivity contribution is 7.99. The molecule has 1 rings (SSSR count). The quantitative estimate of drug-likeness (QED) is 0.769. The van der Waals surface area contributed by atoms with Crippen molar-refractivity contribution in [3.05, 3.63) is 23.4 Å². The molecule has 4 nitrogen and oxygen atoms in total. The Kier molecular flexibility index (Phi) is 4.76. The molecule has 2 N–H and O–H groups in total. The van der Waals surface area contributed by atoms with Gasteiger partial charge >= 0.3 is 5.97 Å². The predicted octanol–water partition coefficient (Wildman–Crippen LogP) is 1.82. The number of aromatic carboxylic acids is 1. The van der Waals surface area contributed by atoms with Gasteiger partial charge in [0, 0.05) is 10.9 Å². The summed E-state index contributed by atoms with van der Waals surface area (Å²) in [4.78, 5) is 15.2. The lowest BCUT2D eigenvalue weighted by atomic mass is 10.2. The third-order valence-corrected chi connectivity index (χ3v) is 3.05. The lowest BCUT2D eigenvalue weighted by molar-refractivity contribution is 0.0696. The van der Waals surface area contributed by atoms with Gasteiger partial charge in [0.1, 0.15) is 0 Å². The minimum atomic E-state index is -0.949. The first-order valence-electron chi connectivity index (χ1n) is 5.08. The van der Waals surface area contributed by atoms with Crippen LogP contribution in [-0.2, 0) is 6.42 Å². The van der Waals surface area contributed by atoms with Gasteiger partial charge in [-0.3, -0.25) is 0 Å². The zero-order valence-corrected chi connectivity index (χ0v) is 10.1. The van der Waals surface area contributed by atoms with Gasteiger partial charge in [-0.05, 0) is 18.6 Å². The largest absolute Gasteiger partial charge is 0.478 e. The molecule has 0 bridgehead atoms. The van der Waals surface area contributed by atoms with Gasteiger partial charge in [-0.1, -0.05) is 13.8 Å². The van der Waals surface area contributed by atoms with Gasteiger partial charge in [-0.25, -0.2) is 9.78 Å². The van der Waals surface area contributed by atoms with Gasteiger partial charge in [0.15, 0.2) is 0 Å². The van der Waals surface area contributed by atoms with Crippen LogP contribution in [0.5, 0.6) is 0 Å². The molecule has 0 aliphatic heterocycles. The third kappa shape index (κ3) is 3.50. The average Bonchev–Trinajstić information content (AvgIpc) is 2.28. The Hall–Kier alpha value is -1.07. The molecule has 0 spiro atoms. The van der Waals surface area contributed by atoms with Crippen molar-refractivity contribution in [2.24, 2.45) is 0 Å². The zero-order chi connectivity index (χ0) is 12.1. The normalized spacial score (nSPS) is 12.4. The predicted molar refractivity (Wildman–Crippen MR) is 63.0 cm³/mol. The van der Waals surface area contributed by atoms with Crippen LogP contribution in [0, 0.1) is 0 Å². The molecule has 0 radical (unpaired) electrons. The van der Waals surface area contributed by atoms with Crippen LogP contribution in [0.2, 0.25) is 0 Å². The van der Waals surface area contributed by atoms with E-state index in [0.717, 1.165) is 5.69 Å². The first-order chi connectivity index (χ1) is 7.56. The van der Waals surface area contributed by atoms with Crippen molar-refractivity contribution < 1.29 is 15.0 Å². The van der Waals surface area contributed by atoms with Gasteiger partial charge in [-0.2, -0.15) is 0 Å². The number of thioether (sulfide) groups is 1. The van der Waals surface area contributed by atoms with Crippen LogP contribution in [0.15, 0.2) is 17.2 Å². The zero-order valence-electron chi connectivity index (χ0n) is 9.30. The fourth-order valence-electron chi connectivity index (χ4n) is 1.17. The highest BCUT2D eigenvalue weighted by atomic mass is 32.2. The minimum Gasteiger partial charge on any atom is -0.478 e. The summed E-state index contributed by atoms with van der Waals surface area (Å²) >= 11 is 1.38. The molecule has 5 heteroatoms. The van der Waals surface area contributed by atoms with Crippen LogP contribution in [-0.4, -0.2) is 33.0 Å². The van der Waals surface area contributed by atoms with Gasteiger partial charge < -0.3 is 10.2 Å². The summed E-state index contributed by atoms with van der Waals surface area (Å²) in [6.45, 7) is 3.84. The Balaban J connectivity index is 2.99. The molecular weight excluding hydrogens is 226 g/mol. The van der Waals surface area contributed by atoms with Gasteiger partial charge in [0.2, 0.25) is 0 Å². The summed E-state index contributed by atoms with van der Waals surface area (Å²) in [7, 11) is 0. The molecule has 0 saturated carbocycles. The second kappa shape index (κ2) is 5.86. The van der Waals surface area contributed by atoms with Crippen molar-refractivity contribution in [3.8, 4) is 0 Å². The SMILES string of the molecule is CCc1cc(C(=O)O)cc(SC(C)CO)n1. The maximum absolute atomic E-state index is 10.9. The van der Waals surface area contributed by atoms with E-state index in [0.29, 0.717) is 11.4 Å². The van der Waals surface area contributed by atoms with E-state index in [-0.39, 0.29) is 17.4 Å². The fraction of sp³-hybridized carbons (Fsp3) is 0.455. The molecule has 1 atom stereocenters. The number of nitrogens with zero attached hydrogens (tertiary/aromatic N) is 1. The Labute approximate surface area is 98.7 Å². The smallest absolute Gasteiger partial charge is 0.335 e. The van der Waals surface area contributed by atoms with Crippen LogP contribution in [0.4, 0.5) is 0 Å². The Morgan fingerprint density at radius 3 is 2.75 bits per heavy atom. The molecule has 0 saturated heterocycles. The number of aromatic nitrogens is 1. The van der Waals surface area contributed by atoms with E-state index in [2.05, 4.69) is 4.98 Å². The van der Waals surface area contributed by atoms with Gasteiger partial charge in [0.05, 0.1) is 17.2 Å². The van der Waals surface area contributed by atoms with Crippen molar-refractivity contribution in [1.29, 1.82) is 0 Å². The van der Waals surface area contributed by atoms with Crippen LogP contribution in [0.3, 0.4) is 0 Å². The van der Waals surface area contributed by atoms with Gasteiger partial charge in [0.25, 0.3) is 0 Å². The molecule has 0 amide bonds. The Morgan fingerprint density at radius 1 is 1.56 bits per heavy atom. The van der Waals surface area contributed by atoms with Crippen molar-refractivity contribution in [3.63, 3.8) is 0 Å². The number of aliphatic hydroxyl groups excluding tert-OH is 1. The maximum Gasteiger partial charge on any atom is 0.335 e. The van der Waals surface area contributed by atoms with Crippen molar-refractivity contribution in [1.82, 2.24) is 4.98 Å². The topological polar surface area (TPSA) is 70.4 Å². The van der Waals surface area contributed by atoms with E-state index in [1.165, 1.54) is 11.8 Å². The lowest BCUT2D eigenvalue weighted by Gasteiger charge is -2.08. The van der Waals surface area contributed by atoms with Crippen LogP contribution in [0.1, 0.15) is 29.9 Å². The highest BCUT2D eigenvalue weighted by Crippen LogP contribution is 2.22. The maximum atomic E-state index is 10.9. The standard InChI is InChI=1S/C11H15NO3S/c1-3-9-4-8(11(14)15)5-10(12-9)16-7(2)6-13/h4-5,7,13H,3,6H2,1-2H3,(H,14,15). The summed E-state index contributed by atoms with van der Waals surface area (Å²) < 4.78 is 0. The van der Waals surface area contributed by atoms with E-state index in [9.17, 15) is 4.79 Å². The number of hydrogen-bond donors (Lipinski definition) is 2. The monoisotopic (exact) mass is 241 g/mol. The molecule has 1 heterocycles. The summed E-state index contributed by atoms with van der Waals surface area (Å²) in [6, 6.07) is 3.12. The first-order valence-corrected chi connectivity index (χ1v) is 5.96. The molecule has 0 aromatic carbocycles. The molecule has 1 aromatic heterocycles. The van der Waals surface area contributed by atoms with Crippen molar-refractivity contribution in [2.75, 3.05) is 6.61 Å². The van der Waals surface area contributed by atoms with E-state index >= 15 is 0 Å². The van der Waals surface area contributed by atoms with Crippen molar-refractivity contribution >= 4 is 17.7 Å². The number of carboxylic acid groups (broad SMARTS) is 1. The second-order valence-electron chi connectivity index (χ2n) is 3.46. The molecule has 16 heavy (non-hydrogen) atoms. The lowest BCUT2D eigenvalue weighted by Crippen LogP contribution is -2.05. The molecular formula is C11H15NO3S. The number of aliphatic hydroxyl groups is 1. The van der Waals surface area contributed by atoms with Crippen molar-refractivity contribution in [2.45, 2.75) is 30.5 Å². The van der Waals surface area contributed by atoms with E-state index in [4.69, 9.17) is 10.2 Å². The summed E-state index contributed by atoms with van der Waals surface area (Å²) in [5, 5.41) is 18.5. The fourth-order valence-corrected chi connectivity index (χ4v) is 2.02. The molecule has 1 unspecified atom stereocenters. The molecule has 88 valence electrons. The average molecular weight is 241 g/mol. The van der Waals surface area contributed by atoms with Crippen LogP contribution < -0.4 is 0 Å². The number of hydrogen-bond acceptors (Lipinski definition) is 4. The number of aryl methyl sites for hydroxylation is 1. The number of carboxylic acids is 1. The highest BCUT2D eigenvalue weighted by Gasteiger charge is 2.10. The first kappa shape index (κ1) is 13.0. The molecule has 0 aliphatic carbocycles. The number of pyridine rings is 1. The van der Waals surface area contributed by atoms with Gasteiger partial charge in [-0.15, -0.1) is 11.8 Å². The summed E-state index contributed by atoms with van der Waals surface area (Å²) in [6.07, 6.45) is 0.697. The minimum absolute atomic E-state index is 0.0150. The van der Waals surface area contributed by atoms with Crippen LogP contribution in [0.25, 0.3) is 0 Å². The van der Waals surface area contributed by atoms with E-state index in [1.807, 2.05) is 13.8 Å². The Bertz CT molecular complexity index is 381. The summed E-state index contributed by atoms with van der Waals surface area (Å²) in [5.41, 5.74) is 1.01. The summed E-state index contributed by atoms with van der Waals surface area (Å²) in [5.74, 6) is -0.949. The molecule has 0 fully saturated rings. The molecule has 0 aliphatic rings. The molecule has 1 aromatic rings. The van der Waals surface area contributed by atoms with Crippen LogP contribution >= 0.6 is 11.8 Å². The third-order valence-electron chi connectivity index (χ3n) is 2.04.